The van der Waals surface area contributed by atoms with Gasteiger partial charge in [-0.2, -0.15) is 0 Å². The van der Waals surface area contributed by atoms with E-state index in [1.54, 1.807) is 0 Å². The molecule has 2 heterocycles. The van der Waals surface area contributed by atoms with Gasteiger partial charge in [-0.1, -0.05) is 11.8 Å². The largest absolute Gasteiger partial charge is 0.333 e. The third-order valence-corrected chi connectivity index (χ3v) is 6.13. The van der Waals surface area contributed by atoms with Crippen molar-refractivity contribution in [1.29, 1.82) is 0 Å². The van der Waals surface area contributed by atoms with Crippen LogP contribution in [-0.2, 0) is 9.84 Å². The van der Waals surface area contributed by atoms with Crippen molar-refractivity contribution < 1.29 is 17.2 Å². The molecule has 0 aliphatic carbocycles. The fourth-order valence-corrected chi connectivity index (χ4v) is 5.79. The molecule has 1 fully saturated rings. The number of hydrogen-bond donors (Lipinski definition) is 1. The molecule has 0 saturated carbocycles. The number of anilines is 1. The van der Waals surface area contributed by atoms with Gasteiger partial charge >= 0.3 is 0 Å². The second-order valence-electron chi connectivity index (χ2n) is 4.48. The van der Waals surface area contributed by atoms with Gasteiger partial charge in [0.2, 0.25) is 0 Å². The number of hydrogen-bond acceptors (Lipinski definition) is 5. The van der Waals surface area contributed by atoms with E-state index < -0.39 is 21.5 Å². The Morgan fingerprint density at radius 2 is 2.11 bits per heavy atom. The Morgan fingerprint density at radius 1 is 1.32 bits per heavy atom. The summed E-state index contributed by atoms with van der Waals surface area (Å²) in [6.07, 6.45) is 0. The van der Waals surface area contributed by atoms with Crippen molar-refractivity contribution in [3.63, 3.8) is 0 Å². The molecule has 0 bridgehead atoms. The molecule has 102 valence electrons. The summed E-state index contributed by atoms with van der Waals surface area (Å²) in [4.78, 5) is 4.23. The minimum Gasteiger partial charge on any atom is -0.333 e. The number of aliphatic imine (C=N–C) groups is 1. The Balaban J connectivity index is 1.76. The summed E-state index contributed by atoms with van der Waals surface area (Å²) < 4.78 is 49.0. The summed E-state index contributed by atoms with van der Waals surface area (Å²) in [5, 5.41) is 3.15. The van der Waals surface area contributed by atoms with Crippen LogP contribution < -0.4 is 5.32 Å². The van der Waals surface area contributed by atoms with Gasteiger partial charge in [0.1, 0.15) is 11.6 Å². The summed E-state index contributed by atoms with van der Waals surface area (Å²) in [6, 6.07) is 2.96. The van der Waals surface area contributed by atoms with Crippen LogP contribution in [0.2, 0.25) is 0 Å². The first-order valence-electron chi connectivity index (χ1n) is 5.60. The van der Waals surface area contributed by atoms with E-state index in [2.05, 4.69) is 10.3 Å². The molecule has 0 aromatic heterocycles. The molecule has 2 aliphatic heterocycles. The third-order valence-electron chi connectivity index (χ3n) is 2.99. The average Bonchev–Trinajstić information content (AvgIpc) is 2.75. The number of amidine groups is 1. The SMILES string of the molecule is O=S1(=O)C[C@@H]2N=C(Nc3ccc(F)cc3F)S[C@H]2C1. The van der Waals surface area contributed by atoms with Crippen LogP contribution in [0.25, 0.3) is 0 Å². The van der Waals surface area contributed by atoms with Gasteiger partial charge in [0, 0.05) is 11.3 Å². The molecular weight excluding hydrogens is 294 g/mol. The van der Waals surface area contributed by atoms with Crippen LogP contribution in [0.3, 0.4) is 0 Å². The first kappa shape index (κ1) is 12.9. The lowest BCUT2D eigenvalue weighted by molar-refractivity contribution is 0.586. The van der Waals surface area contributed by atoms with Crippen molar-refractivity contribution in [2.24, 2.45) is 4.99 Å². The molecule has 0 unspecified atom stereocenters. The van der Waals surface area contributed by atoms with E-state index in [1.807, 2.05) is 0 Å². The standard InChI is InChI=1S/C11H10F2N2O2S2/c12-6-1-2-8(7(13)3-6)14-11-15-9-4-19(16,17)5-10(9)18-11/h1-3,9-10H,4-5H2,(H,14,15)/t9-,10-/m0/s1. The topological polar surface area (TPSA) is 58.5 Å². The highest BCUT2D eigenvalue weighted by Gasteiger charge is 2.42. The van der Waals surface area contributed by atoms with Crippen LogP contribution in [0.4, 0.5) is 14.5 Å². The van der Waals surface area contributed by atoms with Gasteiger partial charge in [0.05, 0.1) is 23.2 Å². The van der Waals surface area contributed by atoms with Crippen molar-refractivity contribution in [3.05, 3.63) is 29.8 Å². The maximum absolute atomic E-state index is 13.5. The van der Waals surface area contributed by atoms with Crippen molar-refractivity contribution >= 4 is 32.5 Å². The molecule has 0 amide bonds. The molecule has 3 rings (SSSR count). The van der Waals surface area contributed by atoms with Crippen molar-refractivity contribution in [2.75, 3.05) is 16.8 Å². The summed E-state index contributed by atoms with van der Waals surface area (Å²) >= 11 is 1.29. The number of fused-ring (bicyclic) bond motifs is 1. The highest BCUT2D eigenvalue weighted by molar-refractivity contribution is 8.15. The Hall–Kier alpha value is -1.15. The van der Waals surface area contributed by atoms with Gasteiger partial charge in [-0.25, -0.2) is 17.2 Å². The first-order chi connectivity index (χ1) is 8.93. The van der Waals surface area contributed by atoms with Gasteiger partial charge < -0.3 is 5.32 Å². The van der Waals surface area contributed by atoms with Crippen molar-refractivity contribution in [2.45, 2.75) is 11.3 Å². The Bertz CT molecular complexity index is 661. The quantitative estimate of drug-likeness (QED) is 0.857. The molecule has 0 spiro atoms. The monoisotopic (exact) mass is 304 g/mol. The zero-order chi connectivity index (χ0) is 13.6. The number of thioether (sulfide) groups is 1. The zero-order valence-electron chi connectivity index (χ0n) is 9.64. The third kappa shape index (κ3) is 2.59. The summed E-state index contributed by atoms with van der Waals surface area (Å²) in [5.41, 5.74) is 0.135. The van der Waals surface area contributed by atoms with Crippen molar-refractivity contribution in [3.8, 4) is 0 Å². The van der Waals surface area contributed by atoms with Gasteiger partial charge in [0.15, 0.2) is 15.0 Å². The number of rotatable bonds is 1. The zero-order valence-corrected chi connectivity index (χ0v) is 11.3. The fourth-order valence-electron chi connectivity index (χ4n) is 2.12. The van der Waals surface area contributed by atoms with Crippen molar-refractivity contribution in [1.82, 2.24) is 0 Å². The molecule has 4 nitrogen and oxygen atoms in total. The van der Waals surface area contributed by atoms with E-state index in [9.17, 15) is 17.2 Å². The number of benzene rings is 1. The molecule has 1 aromatic rings. The van der Waals surface area contributed by atoms with Crippen LogP contribution in [0.15, 0.2) is 23.2 Å². The van der Waals surface area contributed by atoms with Gasteiger partial charge in [-0.05, 0) is 12.1 Å². The smallest absolute Gasteiger partial charge is 0.161 e. The molecule has 2 atom stereocenters. The second kappa shape index (κ2) is 4.45. The second-order valence-corrected chi connectivity index (χ2v) is 7.87. The van der Waals surface area contributed by atoms with Crippen LogP contribution in [0, 0.1) is 11.6 Å². The van der Waals surface area contributed by atoms with Gasteiger partial charge in [-0.15, -0.1) is 0 Å². The number of nitrogens with one attached hydrogen (secondary N) is 1. The van der Waals surface area contributed by atoms with Crippen LogP contribution in [-0.4, -0.2) is 36.4 Å². The summed E-state index contributed by atoms with van der Waals surface area (Å²) in [6.45, 7) is 0. The average molecular weight is 304 g/mol. The molecule has 0 radical (unpaired) electrons. The van der Waals surface area contributed by atoms with E-state index >= 15 is 0 Å². The van der Waals surface area contributed by atoms with E-state index in [0.717, 1.165) is 12.1 Å². The lowest BCUT2D eigenvalue weighted by Crippen LogP contribution is -2.13. The molecule has 1 saturated heterocycles. The highest BCUT2D eigenvalue weighted by Crippen LogP contribution is 2.34. The highest BCUT2D eigenvalue weighted by atomic mass is 32.2. The van der Waals surface area contributed by atoms with E-state index in [1.165, 1.54) is 17.8 Å². The molecule has 8 heteroatoms. The minimum absolute atomic E-state index is 0.0434. The molecular formula is C11H10F2N2O2S2. The number of halogens is 2. The van der Waals surface area contributed by atoms with Gasteiger partial charge in [0.25, 0.3) is 0 Å². The lowest BCUT2D eigenvalue weighted by atomic mass is 10.3. The Labute approximate surface area is 113 Å². The normalized spacial score (nSPS) is 28.0. The minimum atomic E-state index is -2.99. The van der Waals surface area contributed by atoms with Crippen LogP contribution >= 0.6 is 11.8 Å². The summed E-state index contributed by atoms with van der Waals surface area (Å²) in [5.74, 6) is -1.20. The summed E-state index contributed by atoms with van der Waals surface area (Å²) in [7, 11) is -2.99. The molecule has 2 aliphatic rings. The van der Waals surface area contributed by atoms with E-state index in [0.29, 0.717) is 5.17 Å². The fraction of sp³-hybridized carbons (Fsp3) is 0.364. The number of nitrogens with zero attached hydrogens (tertiary/aromatic N) is 1. The van der Waals surface area contributed by atoms with Crippen LogP contribution in [0.5, 0.6) is 0 Å². The molecule has 1 N–H and O–H groups in total. The maximum atomic E-state index is 13.5. The number of sulfone groups is 1. The predicted octanol–water partition coefficient (Wildman–Crippen LogP) is 1.65. The molecule has 1 aromatic carbocycles. The Kier molecular flexibility index (Phi) is 3.01. The van der Waals surface area contributed by atoms with Crippen LogP contribution in [0.1, 0.15) is 0 Å². The predicted molar refractivity (Wildman–Crippen MR) is 71.2 cm³/mol. The maximum Gasteiger partial charge on any atom is 0.161 e. The Morgan fingerprint density at radius 3 is 2.79 bits per heavy atom. The van der Waals surface area contributed by atoms with E-state index in [4.69, 9.17) is 0 Å². The first-order valence-corrected chi connectivity index (χ1v) is 8.30. The van der Waals surface area contributed by atoms with E-state index in [-0.39, 0.29) is 28.5 Å². The molecule has 19 heavy (non-hydrogen) atoms. The lowest BCUT2D eigenvalue weighted by Gasteiger charge is -2.07. The van der Waals surface area contributed by atoms with Gasteiger partial charge in [-0.3, -0.25) is 4.99 Å².